The van der Waals surface area contributed by atoms with E-state index in [-0.39, 0.29) is 12.1 Å². The van der Waals surface area contributed by atoms with Crippen LogP contribution in [0, 0.1) is 10.1 Å². The quantitative estimate of drug-likeness (QED) is 0.577. The summed E-state index contributed by atoms with van der Waals surface area (Å²) in [5.41, 5.74) is 0.551. The number of nitrogens with zero attached hydrogens (tertiary/aromatic N) is 1. The van der Waals surface area contributed by atoms with Crippen LogP contribution < -0.4 is 0 Å². The number of aliphatic hydroxyl groups excluding tert-OH is 2. The number of hydrogen-bond donors (Lipinski definition) is 2. The van der Waals surface area contributed by atoms with E-state index in [2.05, 4.69) is 0 Å². The topological polar surface area (TPSA) is 83.6 Å². The minimum atomic E-state index is -1.42. The largest absolute Gasteiger partial charge is 0.390 e. The molecule has 0 aromatic heterocycles. The van der Waals surface area contributed by atoms with Gasteiger partial charge in [0.1, 0.15) is 12.8 Å². The van der Waals surface area contributed by atoms with Crippen LogP contribution in [0.5, 0.6) is 0 Å². The molecule has 6 heteroatoms. The van der Waals surface area contributed by atoms with E-state index in [0.29, 0.717) is 5.56 Å². The molecule has 2 unspecified atom stereocenters. The lowest BCUT2D eigenvalue weighted by molar-refractivity contribution is -0.384. The predicted molar refractivity (Wildman–Crippen MR) is 54.8 cm³/mol. The van der Waals surface area contributed by atoms with Gasteiger partial charge in [-0.3, -0.25) is 10.1 Å². The highest BCUT2D eigenvalue weighted by atomic mass is 18.2. The zero-order chi connectivity index (χ0) is 12.1. The number of alkyl halides is 1. The summed E-state index contributed by atoms with van der Waals surface area (Å²) in [5.74, 6) is 0. The maximum Gasteiger partial charge on any atom is 0.269 e. The molecule has 1 rings (SSSR count). The third-order valence-electron chi connectivity index (χ3n) is 2.19. The molecule has 0 bridgehead atoms. The lowest BCUT2D eigenvalue weighted by Crippen LogP contribution is -2.29. The van der Waals surface area contributed by atoms with Crippen molar-refractivity contribution < 1.29 is 19.5 Å². The average molecular weight is 228 g/mol. The van der Waals surface area contributed by atoms with Gasteiger partial charge < -0.3 is 10.2 Å². The zero-order valence-corrected chi connectivity index (χ0v) is 8.41. The van der Waals surface area contributed by atoms with Crippen molar-refractivity contribution in [2.24, 2.45) is 0 Å². The molecular formula is C10H12FNO4. The molecule has 0 heterocycles. The summed E-state index contributed by atoms with van der Waals surface area (Å²) in [5, 5.41) is 28.7. The first kappa shape index (κ1) is 12.5. The fraction of sp³-hybridized carbons (Fsp3) is 0.400. The van der Waals surface area contributed by atoms with E-state index in [4.69, 9.17) is 5.11 Å². The molecule has 0 fully saturated rings. The summed E-state index contributed by atoms with van der Waals surface area (Å²) in [7, 11) is 0. The van der Waals surface area contributed by atoms with E-state index in [1.54, 1.807) is 0 Å². The SMILES string of the molecule is O=[N+]([O-])c1ccc(CC(O)C(O)C[18F])cc1. The molecule has 2 N–H and O–H groups in total. The molecule has 0 radical (unpaired) electrons. The Morgan fingerprint density at radius 2 is 1.81 bits per heavy atom. The van der Waals surface area contributed by atoms with Crippen molar-refractivity contribution in [3.05, 3.63) is 39.9 Å². The Hall–Kier alpha value is -1.53. The first-order chi connectivity index (χ1) is 7.54. The van der Waals surface area contributed by atoms with Gasteiger partial charge in [-0.25, -0.2) is 4.39 Å². The van der Waals surface area contributed by atoms with Gasteiger partial charge in [0, 0.05) is 18.6 Å². The van der Waals surface area contributed by atoms with E-state index in [9.17, 15) is 19.6 Å². The number of benzene rings is 1. The van der Waals surface area contributed by atoms with Crippen molar-refractivity contribution in [3.8, 4) is 0 Å². The predicted octanol–water partition coefficient (Wildman–Crippen LogP) is 0.829. The van der Waals surface area contributed by atoms with Gasteiger partial charge in [-0.05, 0) is 5.56 Å². The second-order valence-corrected chi connectivity index (χ2v) is 3.42. The second kappa shape index (κ2) is 5.53. The van der Waals surface area contributed by atoms with Crippen molar-refractivity contribution in [1.29, 1.82) is 0 Å². The first-order valence-electron chi connectivity index (χ1n) is 4.70. The summed E-state index contributed by atoms with van der Waals surface area (Å²) >= 11 is 0. The Labute approximate surface area is 91.3 Å². The third kappa shape index (κ3) is 3.25. The van der Waals surface area contributed by atoms with Crippen molar-refractivity contribution in [3.63, 3.8) is 0 Å². The Morgan fingerprint density at radius 3 is 2.25 bits per heavy atom. The fourth-order valence-corrected chi connectivity index (χ4v) is 1.23. The number of nitro groups is 1. The minimum absolute atomic E-state index is 0.0516. The van der Waals surface area contributed by atoms with E-state index in [1.807, 2.05) is 0 Å². The summed E-state index contributed by atoms with van der Waals surface area (Å²) in [4.78, 5) is 9.82. The van der Waals surface area contributed by atoms with Gasteiger partial charge >= 0.3 is 0 Å². The Balaban J connectivity index is 2.65. The fourth-order valence-electron chi connectivity index (χ4n) is 1.23. The van der Waals surface area contributed by atoms with Gasteiger partial charge in [0.25, 0.3) is 5.69 Å². The number of hydrogen-bond acceptors (Lipinski definition) is 4. The number of non-ortho nitro benzene ring substituents is 1. The lowest BCUT2D eigenvalue weighted by Gasteiger charge is -2.14. The maximum absolute atomic E-state index is 12.0. The van der Waals surface area contributed by atoms with Gasteiger partial charge in [0.05, 0.1) is 11.0 Å². The molecular weight excluding hydrogens is 216 g/mol. The zero-order valence-electron chi connectivity index (χ0n) is 8.41. The van der Waals surface area contributed by atoms with Crippen LogP contribution in [-0.4, -0.2) is 34.0 Å². The standard InChI is InChI=1S/C10H12FNO4/c11-6-10(14)9(13)5-7-1-3-8(4-2-7)12(15)16/h1-4,9-10,13-14H,5-6H2/i11-1. The highest BCUT2D eigenvalue weighted by Gasteiger charge is 2.16. The van der Waals surface area contributed by atoms with Gasteiger partial charge in [-0.1, -0.05) is 12.1 Å². The van der Waals surface area contributed by atoms with Gasteiger partial charge in [-0.2, -0.15) is 0 Å². The summed E-state index contributed by atoms with van der Waals surface area (Å²) in [6.45, 7) is -1.02. The molecule has 1 aromatic rings. The monoisotopic (exact) mass is 228 g/mol. The summed E-state index contributed by atoms with van der Waals surface area (Å²) in [6, 6.07) is 5.52. The molecule has 88 valence electrons. The van der Waals surface area contributed by atoms with Crippen molar-refractivity contribution in [2.75, 3.05) is 6.67 Å². The Bertz CT molecular complexity index is 354. The van der Waals surface area contributed by atoms with Crippen LogP contribution in [0.2, 0.25) is 0 Å². The molecule has 0 amide bonds. The molecule has 1 aromatic carbocycles. The minimum Gasteiger partial charge on any atom is -0.390 e. The first-order valence-corrected chi connectivity index (χ1v) is 4.70. The van der Waals surface area contributed by atoms with Crippen LogP contribution in [-0.2, 0) is 6.42 Å². The molecule has 0 aliphatic carbocycles. The van der Waals surface area contributed by atoms with Crippen LogP contribution in [0.25, 0.3) is 0 Å². The van der Waals surface area contributed by atoms with Crippen molar-refractivity contribution in [2.45, 2.75) is 18.6 Å². The average Bonchev–Trinajstić information content (AvgIpc) is 2.28. The summed E-state index contributed by atoms with van der Waals surface area (Å²) in [6.07, 6.45) is -2.56. The normalized spacial score (nSPS) is 14.4. The third-order valence-corrected chi connectivity index (χ3v) is 2.19. The van der Waals surface area contributed by atoms with E-state index in [1.165, 1.54) is 24.3 Å². The molecule has 0 spiro atoms. The highest BCUT2D eigenvalue weighted by Crippen LogP contribution is 2.14. The number of aliphatic hydroxyl groups is 2. The van der Waals surface area contributed by atoms with Gasteiger partial charge in [0.15, 0.2) is 0 Å². The van der Waals surface area contributed by atoms with Crippen LogP contribution in [0.3, 0.4) is 0 Å². The Kier molecular flexibility index (Phi) is 4.33. The second-order valence-electron chi connectivity index (χ2n) is 3.42. The number of halogens is 1. The maximum atomic E-state index is 12.0. The molecule has 5 nitrogen and oxygen atoms in total. The molecule has 0 aliphatic rings. The number of nitro benzene ring substituents is 1. The lowest BCUT2D eigenvalue weighted by atomic mass is 10.0. The smallest absolute Gasteiger partial charge is 0.269 e. The van der Waals surface area contributed by atoms with E-state index in [0.717, 1.165) is 0 Å². The van der Waals surface area contributed by atoms with E-state index >= 15 is 0 Å². The van der Waals surface area contributed by atoms with Gasteiger partial charge in [0.2, 0.25) is 0 Å². The van der Waals surface area contributed by atoms with E-state index < -0.39 is 23.8 Å². The molecule has 16 heavy (non-hydrogen) atoms. The Morgan fingerprint density at radius 1 is 1.25 bits per heavy atom. The van der Waals surface area contributed by atoms with Crippen LogP contribution >= 0.6 is 0 Å². The van der Waals surface area contributed by atoms with Crippen molar-refractivity contribution >= 4 is 5.69 Å². The van der Waals surface area contributed by atoms with Crippen LogP contribution in [0.4, 0.5) is 10.1 Å². The van der Waals surface area contributed by atoms with Crippen molar-refractivity contribution in [1.82, 2.24) is 0 Å². The van der Waals surface area contributed by atoms with Crippen LogP contribution in [0.15, 0.2) is 24.3 Å². The molecule has 2 atom stereocenters. The van der Waals surface area contributed by atoms with Gasteiger partial charge in [-0.15, -0.1) is 0 Å². The molecule has 0 aliphatic heterocycles. The summed E-state index contributed by atoms with van der Waals surface area (Å²) < 4.78 is 12.0. The molecule has 0 saturated carbocycles. The number of rotatable bonds is 5. The van der Waals surface area contributed by atoms with Crippen LogP contribution in [0.1, 0.15) is 5.56 Å². The highest BCUT2D eigenvalue weighted by molar-refractivity contribution is 5.33. The molecule has 0 saturated heterocycles.